The molecule has 72 valence electrons. The molecule has 0 radical (unpaired) electrons. The Labute approximate surface area is 84.5 Å². The number of allylic oxidation sites excluding steroid dienone is 1. The van der Waals surface area contributed by atoms with Gasteiger partial charge in [0.2, 0.25) is 0 Å². The van der Waals surface area contributed by atoms with Crippen LogP contribution in [0.4, 0.5) is 0 Å². The lowest BCUT2D eigenvalue weighted by molar-refractivity contribution is 0.764. The van der Waals surface area contributed by atoms with Crippen LogP contribution in [0.1, 0.15) is 24.3 Å². The Bertz CT molecular complexity index is 282. The minimum absolute atomic E-state index is 0.972. The molecule has 0 spiro atoms. The molecule has 0 unspecified atom stereocenters. The molecule has 0 bridgehead atoms. The number of hydrogen-bond acceptors (Lipinski definition) is 2. The van der Waals surface area contributed by atoms with Gasteiger partial charge in [0.15, 0.2) is 0 Å². The summed E-state index contributed by atoms with van der Waals surface area (Å²) < 4.78 is 0. The lowest BCUT2D eigenvalue weighted by atomic mass is 10.3. The van der Waals surface area contributed by atoms with Crippen molar-refractivity contribution in [3.8, 4) is 0 Å². The fourth-order valence-electron chi connectivity index (χ4n) is 1.05. The third-order valence-corrected chi connectivity index (χ3v) is 2.93. The van der Waals surface area contributed by atoms with Crippen LogP contribution in [0.5, 0.6) is 0 Å². The van der Waals surface area contributed by atoms with E-state index in [1.807, 2.05) is 11.3 Å². The van der Waals surface area contributed by atoms with Gasteiger partial charge in [-0.1, -0.05) is 11.6 Å². The van der Waals surface area contributed by atoms with Crippen LogP contribution in [-0.4, -0.2) is 6.54 Å². The molecule has 0 saturated heterocycles. The average Bonchev–Trinajstić information content (AvgIpc) is 2.45. The second-order valence-electron chi connectivity index (χ2n) is 3.44. The van der Waals surface area contributed by atoms with E-state index in [0.29, 0.717) is 0 Å². The molecular weight excluding hydrogens is 178 g/mol. The summed E-state index contributed by atoms with van der Waals surface area (Å²) in [5.41, 5.74) is 2.77. The summed E-state index contributed by atoms with van der Waals surface area (Å²) in [6.45, 7) is 8.37. The van der Waals surface area contributed by atoms with Gasteiger partial charge in [0.1, 0.15) is 0 Å². The van der Waals surface area contributed by atoms with Crippen molar-refractivity contribution in [1.29, 1.82) is 0 Å². The van der Waals surface area contributed by atoms with Gasteiger partial charge >= 0.3 is 0 Å². The molecule has 1 heterocycles. The van der Waals surface area contributed by atoms with Crippen molar-refractivity contribution in [3.63, 3.8) is 0 Å². The number of nitrogens with one attached hydrogen (secondary N) is 1. The summed E-state index contributed by atoms with van der Waals surface area (Å²) in [6.07, 6.45) is 2.21. The topological polar surface area (TPSA) is 12.0 Å². The zero-order chi connectivity index (χ0) is 9.68. The first-order valence-corrected chi connectivity index (χ1v) is 5.45. The van der Waals surface area contributed by atoms with E-state index in [2.05, 4.69) is 43.6 Å². The van der Waals surface area contributed by atoms with Gasteiger partial charge in [0, 0.05) is 18.0 Å². The molecular formula is C11H17NS. The van der Waals surface area contributed by atoms with Crippen molar-refractivity contribution in [2.45, 2.75) is 27.3 Å². The van der Waals surface area contributed by atoms with Gasteiger partial charge in [-0.2, -0.15) is 0 Å². The first-order chi connectivity index (χ1) is 6.20. The molecule has 1 aromatic heterocycles. The molecule has 0 aromatic carbocycles. The third kappa shape index (κ3) is 3.75. The molecule has 0 amide bonds. The Balaban J connectivity index is 2.28. The highest BCUT2D eigenvalue weighted by atomic mass is 32.1. The summed E-state index contributed by atoms with van der Waals surface area (Å²) in [4.78, 5) is 1.45. The highest BCUT2D eigenvalue weighted by molar-refractivity contribution is 7.10. The molecule has 0 fully saturated rings. The fraction of sp³-hybridized carbons (Fsp3) is 0.455. The van der Waals surface area contributed by atoms with Crippen molar-refractivity contribution in [3.05, 3.63) is 33.5 Å². The Hall–Kier alpha value is -0.600. The van der Waals surface area contributed by atoms with Gasteiger partial charge in [-0.15, -0.1) is 11.3 Å². The van der Waals surface area contributed by atoms with Gasteiger partial charge in [0.05, 0.1) is 0 Å². The van der Waals surface area contributed by atoms with Crippen molar-refractivity contribution < 1.29 is 0 Å². The molecule has 13 heavy (non-hydrogen) atoms. The number of rotatable bonds is 4. The molecule has 1 rings (SSSR count). The Morgan fingerprint density at radius 2 is 2.31 bits per heavy atom. The lowest BCUT2D eigenvalue weighted by Crippen LogP contribution is -2.12. The van der Waals surface area contributed by atoms with Crippen molar-refractivity contribution in [2.75, 3.05) is 6.54 Å². The maximum Gasteiger partial charge on any atom is 0.0305 e. The largest absolute Gasteiger partial charge is 0.308 e. The van der Waals surface area contributed by atoms with E-state index in [1.54, 1.807) is 0 Å². The van der Waals surface area contributed by atoms with Gasteiger partial charge in [-0.25, -0.2) is 0 Å². The molecule has 1 N–H and O–H groups in total. The summed E-state index contributed by atoms with van der Waals surface area (Å²) in [5, 5.41) is 5.54. The van der Waals surface area contributed by atoms with Crippen LogP contribution in [0.25, 0.3) is 0 Å². The molecule has 0 aliphatic heterocycles. The van der Waals surface area contributed by atoms with Crippen LogP contribution >= 0.6 is 11.3 Å². The van der Waals surface area contributed by atoms with Crippen LogP contribution in [0.15, 0.2) is 23.1 Å². The Morgan fingerprint density at radius 1 is 1.54 bits per heavy atom. The van der Waals surface area contributed by atoms with Crippen LogP contribution in [0.3, 0.4) is 0 Å². The third-order valence-electron chi connectivity index (χ3n) is 1.91. The van der Waals surface area contributed by atoms with Crippen LogP contribution in [0.2, 0.25) is 0 Å². The van der Waals surface area contributed by atoms with Crippen molar-refractivity contribution >= 4 is 11.3 Å². The average molecular weight is 195 g/mol. The van der Waals surface area contributed by atoms with Gasteiger partial charge in [0.25, 0.3) is 0 Å². The first kappa shape index (κ1) is 10.5. The molecule has 0 aliphatic rings. The minimum Gasteiger partial charge on any atom is -0.308 e. The quantitative estimate of drug-likeness (QED) is 0.575. The maximum absolute atomic E-state index is 3.39. The van der Waals surface area contributed by atoms with Crippen LogP contribution in [0, 0.1) is 6.92 Å². The minimum atomic E-state index is 0.972. The van der Waals surface area contributed by atoms with Crippen molar-refractivity contribution in [2.24, 2.45) is 0 Å². The standard InChI is InChI=1S/C11H17NS/c1-9(2)4-6-12-8-11-10(3)5-7-13-11/h4-5,7,12H,6,8H2,1-3H3. The van der Waals surface area contributed by atoms with E-state index >= 15 is 0 Å². The van der Waals surface area contributed by atoms with Crippen LogP contribution < -0.4 is 5.32 Å². The van der Waals surface area contributed by atoms with E-state index in [0.717, 1.165) is 13.1 Å². The van der Waals surface area contributed by atoms with E-state index < -0.39 is 0 Å². The maximum atomic E-state index is 3.39. The number of hydrogen-bond donors (Lipinski definition) is 1. The predicted octanol–water partition coefficient (Wildman–Crippen LogP) is 3.11. The monoisotopic (exact) mass is 195 g/mol. The van der Waals surface area contributed by atoms with Crippen molar-refractivity contribution in [1.82, 2.24) is 5.32 Å². The highest BCUT2D eigenvalue weighted by Crippen LogP contribution is 2.14. The fourth-order valence-corrected chi connectivity index (χ4v) is 1.92. The van der Waals surface area contributed by atoms with E-state index in [9.17, 15) is 0 Å². The Morgan fingerprint density at radius 3 is 2.85 bits per heavy atom. The zero-order valence-electron chi connectivity index (χ0n) is 8.55. The molecule has 1 aromatic rings. The number of thiophene rings is 1. The smallest absolute Gasteiger partial charge is 0.0305 e. The molecule has 0 aliphatic carbocycles. The van der Waals surface area contributed by atoms with E-state index in [1.165, 1.54) is 16.0 Å². The molecule has 0 atom stereocenters. The van der Waals surface area contributed by atoms with Crippen LogP contribution in [-0.2, 0) is 6.54 Å². The molecule has 1 nitrogen and oxygen atoms in total. The summed E-state index contributed by atoms with van der Waals surface area (Å²) in [5.74, 6) is 0. The Kier molecular flexibility index (Phi) is 4.19. The summed E-state index contributed by atoms with van der Waals surface area (Å²) in [7, 11) is 0. The zero-order valence-corrected chi connectivity index (χ0v) is 9.37. The van der Waals surface area contributed by atoms with Gasteiger partial charge in [-0.3, -0.25) is 0 Å². The normalized spacial score (nSPS) is 10.1. The lowest BCUT2D eigenvalue weighted by Gasteiger charge is -2.00. The second kappa shape index (κ2) is 5.20. The summed E-state index contributed by atoms with van der Waals surface area (Å²) >= 11 is 1.83. The molecule has 0 saturated carbocycles. The molecule has 2 heteroatoms. The van der Waals surface area contributed by atoms with Gasteiger partial charge in [-0.05, 0) is 37.8 Å². The predicted molar refractivity (Wildman–Crippen MR) is 60.2 cm³/mol. The second-order valence-corrected chi connectivity index (χ2v) is 4.44. The van der Waals surface area contributed by atoms with Gasteiger partial charge < -0.3 is 5.32 Å². The first-order valence-electron chi connectivity index (χ1n) is 4.57. The SMILES string of the molecule is CC(C)=CCNCc1sccc1C. The summed E-state index contributed by atoms with van der Waals surface area (Å²) in [6, 6.07) is 2.17. The van der Waals surface area contributed by atoms with E-state index in [-0.39, 0.29) is 0 Å². The van der Waals surface area contributed by atoms with E-state index in [4.69, 9.17) is 0 Å². The number of aryl methyl sites for hydroxylation is 1. The highest BCUT2D eigenvalue weighted by Gasteiger charge is 1.96.